The monoisotopic (exact) mass is 210 g/mol. The van der Waals surface area contributed by atoms with Crippen molar-refractivity contribution in [1.82, 2.24) is 9.03 Å². The van der Waals surface area contributed by atoms with Crippen molar-refractivity contribution >= 4 is 10.2 Å². The van der Waals surface area contributed by atoms with Gasteiger partial charge in [0.2, 0.25) is 0 Å². The van der Waals surface area contributed by atoms with Gasteiger partial charge in [-0.15, -0.1) is 0 Å². The Labute approximate surface area is 77.4 Å². The molecule has 0 bridgehead atoms. The minimum atomic E-state index is -3.51. The Morgan fingerprint density at radius 2 is 1.85 bits per heavy atom. The zero-order chi connectivity index (χ0) is 10.1. The fraction of sp³-hybridized carbons (Fsp3) is 1.00. The van der Waals surface area contributed by atoms with E-state index < -0.39 is 22.4 Å². The van der Waals surface area contributed by atoms with Crippen molar-refractivity contribution < 1.29 is 18.6 Å². The van der Waals surface area contributed by atoms with Crippen LogP contribution in [0.15, 0.2) is 0 Å². The summed E-state index contributed by atoms with van der Waals surface area (Å²) >= 11 is 0. The first-order valence-corrected chi connectivity index (χ1v) is 5.52. The fourth-order valence-electron chi connectivity index (χ4n) is 1.21. The van der Waals surface area contributed by atoms with Gasteiger partial charge < -0.3 is 10.2 Å². The van der Waals surface area contributed by atoms with E-state index in [9.17, 15) is 8.42 Å². The third kappa shape index (κ3) is 2.38. The molecular weight excluding hydrogens is 196 g/mol. The Morgan fingerprint density at radius 3 is 2.23 bits per heavy atom. The van der Waals surface area contributed by atoms with E-state index >= 15 is 0 Å². The number of nitrogens with zero attached hydrogens (tertiary/aromatic N) is 1. The van der Waals surface area contributed by atoms with Gasteiger partial charge in [0, 0.05) is 19.6 Å². The summed E-state index contributed by atoms with van der Waals surface area (Å²) < 4.78 is 25.9. The molecule has 0 amide bonds. The molecule has 1 aliphatic heterocycles. The second kappa shape index (κ2) is 3.89. The van der Waals surface area contributed by atoms with Gasteiger partial charge in [-0.2, -0.15) is 12.7 Å². The molecule has 7 heteroatoms. The van der Waals surface area contributed by atoms with Crippen molar-refractivity contribution in [1.29, 1.82) is 0 Å². The number of β-amino-alcohol motifs (C(OH)–C–C–N with tert-alkyl or cyclic N) is 2. The SMILES string of the molecule is CCNS(=O)(=O)N1C[C@@H](O)[C@@H](O)C1. The maximum Gasteiger partial charge on any atom is 0.279 e. The molecule has 2 atom stereocenters. The van der Waals surface area contributed by atoms with Gasteiger partial charge in [0.15, 0.2) is 0 Å². The summed E-state index contributed by atoms with van der Waals surface area (Å²) in [5, 5.41) is 18.2. The molecule has 78 valence electrons. The molecule has 3 N–H and O–H groups in total. The Bertz CT molecular complexity index is 256. The van der Waals surface area contributed by atoms with Gasteiger partial charge in [0.05, 0.1) is 12.2 Å². The van der Waals surface area contributed by atoms with Crippen molar-refractivity contribution in [3.8, 4) is 0 Å². The summed E-state index contributed by atoms with van der Waals surface area (Å²) in [5.74, 6) is 0. The maximum absolute atomic E-state index is 11.3. The summed E-state index contributed by atoms with van der Waals surface area (Å²) in [6.07, 6.45) is -1.96. The van der Waals surface area contributed by atoms with E-state index in [0.29, 0.717) is 6.54 Å². The van der Waals surface area contributed by atoms with Crippen molar-refractivity contribution in [2.75, 3.05) is 19.6 Å². The van der Waals surface area contributed by atoms with Gasteiger partial charge in [0.25, 0.3) is 10.2 Å². The van der Waals surface area contributed by atoms with Crippen LogP contribution in [0, 0.1) is 0 Å². The van der Waals surface area contributed by atoms with Crippen LogP contribution in [-0.4, -0.2) is 54.8 Å². The van der Waals surface area contributed by atoms with Gasteiger partial charge in [0.1, 0.15) is 0 Å². The van der Waals surface area contributed by atoms with Gasteiger partial charge in [-0.1, -0.05) is 6.92 Å². The molecule has 1 aliphatic rings. The lowest BCUT2D eigenvalue weighted by Crippen LogP contribution is -2.39. The quantitative estimate of drug-likeness (QED) is 0.497. The lowest BCUT2D eigenvalue weighted by molar-refractivity contribution is 0.0572. The molecule has 0 aromatic heterocycles. The summed E-state index contributed by atoms with van der Waals surface area (Å²) in [4.78, 5) is 0. The van der Waals surface area contributed by atoms with E-state index in [4.69, 9.17) is 10.2 Å². The summed E-state index contributed by atoms with van der Waals surface area (Å²) in [7, 11) is -3.51. The van der Waals surface area contributed by atoms with Crippen LogP contribution in [0.4, 0.5) is 0 Å². The van der Waals surface area contributed by atoms with Crippen LogP contribution in [0.3, 0.4) is 0 Å². The number of aliphatic hydroxyl groups excluding tert-OH is 2. The highest BCUT2D eigenvalue weighted by Crippen LogP contribution is 2.12. The Kier molecular flexibility index (Phi) is 3.25. The fourth-order valence-corrected chi connectivity index (χ4v) is 2.45. The first kappa shape index (κ1) is 10.9. The van der Waals surface area contributed by atoms with Crippen LogP contribution >= 0.6 is 0 Å². The molecule has 1 rings (SSSR count). The molecule has 6 nitrogen and oxygen atoms in total. The topological polar surface area (TPSA) is 89.9 Å². The van der Waals surface area contributed by atoms with E-state index in [1.165, 1.54) is 0 Å². The highest BCUT2D eigenvalue weighted by molar-refractivity contribution is 7.87. The normalized spacial score (nSPS) is 31.0. The number of nitrogens with one attached hydrogen (secondary N) is 1. The molecule has 0 radical (unpaired) electrons. The predicted octanol–water partition coefficient (Wildman–Crippen LogP) is -2.12. The lowest BCUT2D eigenvalue weighted by Gasteiger charge is -2.14. The maximum atomic E-state index is 11.3. The van der Waals surface area contributed by atoms with Crippen LogP contribution < -0.4 is 4.72 Å². The van der Waals surface area contributed by atoms with E-state index in [1.807, 2.05) is 0 Å². The molecule has 1 heterocycles. The first-order valence-electron chi connectivity index (χ1n) is 4.08. The molecule has 1 fully saturated rings. The van der Waals surface area contributed by atoms with E-state index in [1.54, 1.807) is 6.92 Å². The Morgan fingerprint density at radius 1 is 1.38 bits per heavy atom. The average Bonchev–Trinajstić information content (AvgIpc) is 2.33. The molecule has 0 aromatic carbocycles. The summed E-state index contributed by atoms with van der Waals surface area (Å²) in [6.45, 7) is 1.87. The van der Waals surface area contributed by atoms with Crippen LogP contribution in [0.25, 0.3) is 0 Å². The molecule has 0 saturated carbocycles. The molecule has 1 saturated heterocycles. The second-order valence-corrected chi connectivity index (χ2v) is 4.71. The van der Waals surface area contributed by atoms with Crippen molar-refractivity contribution in [3.63, 3.8) is 0 Å². The Balaban J connectivity index is 2.65. The molecular formula is C6H14N2O4S. The molecule has 0 aliphatic carbocycles. The van der Waals surface area contributed by atoms with E-state index in [0.717, 1.165) is 4.31 Å². The van der Waals surface area contributed by atoms with Gasteiger partial charge in [-0.05, 0) is 0 Å². The third-order valence-corrected chi connectivity index (χ3v) is 3.52. The minimum Gasteiger partial charge on any atom is -0.389 e. The average molecular weight is 210 g/mol. The number of rotatable bonds is 3. The zero-order valence-corrected chi connectivity index (χ0v) is 8.16. The van der Waals surface area contributed by atoms with Crippen molar-refractivity contribution in [3.05, 3.63) is 0 Å². The molecule has 0 aromatic rings. The van der Waals surface area contributed by atoms with Crippen molar-refractivity contribution in [2.45, 2.75) is 19.1 Å². The minimum absolute atomic E-state index is 0.0451. The van der Waals surface area contributed by atoms with Crippen molar-refractivity contribution in [2.24, 2.45) is 0 Å². The standard InChI is InChI=1S/C6H14N2O4S/c1-2-7-13(11,12)8-3-5(9)6(10)4-8/h5-7,9-10H,2-4H2,1H3/t5-,6+. The van der Waals surface area contributed by atoms with Crippen LogP contribution in [0.5, 0.6) is 0 Å². The van der Waals surface area contributed by atoms with Crippen LogP contribution in [0.1, 0.15) is 6.92 Å². The number of hydrogen-bond acceptors (Lipinski definition) is 4. The van der Waals surface area contributed by atoms with Crippen LogP contribution in [0.2, 0.25) is 0 Å². The second-order valence-electron chi connectivity index (χ2n) is 2.95. The predicted molar refractivity (Wildman–Crippen MR) is 46.2 cm³/mol. The first-order chi connectivity index (χ1) is 5.97. The Hall–Kier alpha value is -0.210. The highest BCUT2D eigenvalue weighted by Gasteiger charge is 2.36. The third-order valence-electron chi connectivity index (χ3n) is 1.89. The van der Waals surface area contributed by atoms with E-state index in [2.05, 4.69) is 4.72 Å². The van der Waals surface area contributed by atoms with Gasteiger partial charge in [-0.25, -0.2) is 4.72 Å². The highest BCUT2D eigenvalue weighted by atomic mass is 32.2. The number of aliphatic hydroxyl groups is 2. The number of hydrogen-bond donors (Lipinski definition) is 3. The van der Waals surface area contributed by atoms with E-state index in [-0.39, 0.29) is 13.1 Å². The summed E-state index contributed by atoms with van der Waals surface area (Å²) in [5.41, 5.74) is 0. The zero-order valence-electron chi connectivity index (χ0n) is 7.34. The lowest BCUT2D eigenvalue weighted by atomic mass is 10.3. The van der Waals surface area contributed by atoms with Crippen LogP contribution in [-0.2, 0) is 10.2 Å². The smallest absolute Gasteiger partial charge is 0.279 e. The summed E-state index contributed by atoms with van der Waals surface area (Å²) in [6, 6.07) is 0. The molecule has 13 heavy (non-hydrogen) atoms. The molecule has 0 unspecified atom stereocenters. The van der Waals surface area contributed by atoms with Gasteiger partial charge >= 0.3 is 0 Å². The molecule has 0 spiro atoms. The van der Waals surface area contributed by atoms with Gasteiger partial charge in [-0.3, -0.25) is 0 Å². The largest absolute Gasteiger partial charge is 0.389 e.